The Labute approximate surface area is 172 Å². The van der Waals surface area contributed by atoms with E-state index in [1.807, 2.05) is 18.2 Å². The average Bonchev–Trinajstić information content (AvgIpc) is 2.65. The number of hydrogen-bond acceptors (Lipinski definition) is 3. The van der Waals surface area contributed by atoms with E-state index < -0.39 is 10.0 Å². The Balaban J connectivity index is 2.03. The molecule has 1 amide bonds. The highest BCUT2D eigenvalue weighted by molar-refractivity contribution is 7.92. The van der Waals surface area contributed by atoms with Crippen LogP contribution >= 0.6 is 11.6 Å². The number of sulfonamides is 1. The first-order valence-corrected chi connectivity index (χ1v) is 11.6. The van der Waals surface area contributed by atoms with Gasteiger partial charge in [0.05, 0.1) is 11.9 Å². The van der Waals surface area contributed by atoms with Gasteiger partial charge in [-0.05, 0) is 54.7 Å². The predicted molar refractivity (Wildman–Crippen MR) is 117 cm³/mol. The van der Waals surface area contributed by atoms with Crippen LogP contribution in [0.5, 0.6) is 0 Å². The van der Waals surface area contributed by atoms with Crippen molar-refractivity contribution in [1.29, 1.82) is 0 Å². The lowest BCUT2D eigenvalue weighted by Gasteiger charge is -2.22. The lowest BCUT2D eigenvalue weighted by Crippen LogP contribution is -2.31. The molecule has 0 spiro atoms. The quantitative estimate of drug-likeness (QED) is 0.639. The van der Waals surface area contributed by atoms with Crippen LogP contribution in [0.15, 0.2) is 42.5 Å². The molecule has 1 N–H and O–H groups in total. The third kappa shape index (κ3) is 5.97. The first-order chi connectivity index (χ1) is 13.3. The summed E-state index contributed by atoms with van der Waals surface area (Å²) < 4.78 is 25.6. The maximum atomic E-state index is 12.5. The number of carbonyl (C=O) groups excluding carboxylic acids is 1. The van der Waals surface area contributed by atoms with Gasteiger partial charge in [-0.25, -0.2) is 8.42 Å². The molecule has 0 saturated heterocycles. The van der Waals surface area contributed by atoms with E-state index in [0.717, 1.165) is 35.9 Å². The lowest BCUT2D eigenvalue weighted by molar-refractivity contribution is -0.116. The molecule has 0 atom stereocenters. The van der Waals surface area contributed by atoms with Crippen LogP contribution in [0.2, 0.25) is 5.02 Å². The van der Waals surface area contributed by atoms with E-state index >= 15 is 0 Å². The van der Waals surface area contributed by atoms with Crippen molar-refractivity contribution in [2.24, 2.45) is 0 Å². The Morgan fingerprint density at radius 1 is 1.04 bits per heavy atom. The second-order valence-electron chi connectivity index (χ2n) is 6.62. The van der Waals surface area contributed by atoms with Gasteiger partial charge in [0.1, 0.15) is 0 Å². The maximum absolute atomic E-state index is 12.5. The number of aryl methyl sites for hydroxylation is 2. The van der Waals surface area contributed by atoms with Crippen LogP contribution in [0.1, 0.15) is 37.8 Å². The molecule has 0 aliphatic rings. The maximum Gasteiger partial charge on any atom is 0.232 e. The number of para-hydroxylation sites is 1. The molecule has 2 rings (SSSR count). The Morgan fingerprint density at radius 2 is 1.61 bits per heavy atom. The number of hydrogen-bond donors (Lipinski definition) is 1. The number of amides is 1. The van der Waals surface area contributed by atoms with Crippen molar-refractivity contribution in [2.45, 2.75) is 39.5 Å². The normalized spacial score (nSPS) is 11.3. The first-order valence-electron chi connectivity index (χ1n) is 9.40. The molecular formula is C21H27ClN2O3S. The molecule has 152 valence electrons. The van der Waals surface area contributed by atoms with Crippen LogP contribution < -0.4 is 9.62 Å². The summed E-state index contributed by atoms with van der Waals surface area (Å²) in [5.41, 5.74) is 3.63. The van der Waals surface area contributed by atoms with Crippen molar-refractivity contribution in [1.82, 2.24) is 0 Å². The zero-order valence-corrected chi connectivity index (χ0v) is 18.1. The molecule has 0 aromatic heterocycles. The number of benzene rings is 2. The summed E-state index contributed by atoms with van der Waals surface area (Å²) in [5.74, 6) is -0.111. The molecule has 0 heterocycles. The number of halogens is 1. The molecule has 5 nitrogen and oxygen atoms in total. The number of nitrogens with one attached hydrogen (secondary N) is 1. The zero-order valence-electron chi connectivity index (χ0n) is 16.5. The molecule has 0 bridgehead atoms. The zero-order chi connectivity index (χ0) is 20.7. The summed E-state index contributed by atoms with van der Waals surface area (Å²) in [6.07, 6.45) is 3.48. The van der Waals surface area contributed by atoms with Crippen molar-refractivity contribution in [2.75, 3.05) is 22.4 Å². The Bertz CT molecular complexity index is 889. The summed E-state index contributed by atoms with van der Waals surface area (Å²) in [7, 11) is -3.45. The second-order valence-corrected chi connectivity index (χ2v) is 8.96. The fourth-order valence-electron chi connectivity index (χ4n) is 3.08. The minimum Gasteiger partial charge on any atom is -0.326 e. The van der Waals surface area contributed by atoms with E-state index in [1.165, 1.54) is 4.31 Å². The predicted octanol–water partition coefficient (Wildman–Crippen LogP) is 4.65. The van der Waals surface area contributed by atoms with Gasteiger partial charge < -0.3 is 5.32 Å². The number of anilines is 2. The third-order valence-electron chi connectivity index (χ3n) is 4.54. The van der Waals surface area contributed by atoms with Gasteiger partial charge in [-0.15, -0.1) is 0 Å². The molecule has 2 aromatic carbocycles. The molecule has 7 heteroatoms. The molecule has 0 aliphatic carbocycles. The summed E-state index contributed by atoms with van der Waals surface area (Å²) in [5, 5.41) is 3.56. The van der Waals surface area contributed by atoms with E-state index in [9.17, 15) is 13.2 Å². The van der Waals surface area contributed by atoms with Gasteiger partial charge >= 0.3 is 0 Å². The molecular weight excluding hydrogens is 396 g/mol. The monoisotopic (exact) mass is 422 g/mol. The van der Waals surface area contributed by atoms with Crippen molar-refractivity contribution >= 4 is 38.9 Å². The standard InChI is InChI=1S/C21H27ClN2O3S/c1-4-16-8-6-9-17(5-2)21(16)23-20(25)10-7-15-24(28(3,26)27)19-13-11-18(22)12-14-19/h6,8-9,11-14H,4-5,7,10,15H2,1-3H3,(H,23,25). The van der Waals surface area contributed by atoms with Crippen LogP contribution in [0.25, 0.3) is 0 Å². The Kier molecular flexibility index (Phi) is 7.89. The average molecular weight is 423 g/mol. The topological polar surface area (TPSA) is 66.5 Å². The summed E-state index contributed by atoms with van der Waals surface area (Å²) in [6, 6.07) is 12.7. The van der Waals surface area contributed by atoms with E-state index in [4.69, 9.17) is 11.6 Å². The van der Waals surface area contributed by atoms with Gasteiger partial charge in [0.15, 0.2) is 0 Å². The van der Waals surface area contributed by atoms with E-state index in [-0.39, 0.29) is 18.9 Å². The molecule has 28 heavy (non-hydrogen) atoms. The third-order valence-corrected chi connectivity index (χ3v) is 5.99. The molecule has 0 saturated carbocycles. The van der Waals surface area contributed by atoms with Crippen LogP contribution in [-0.4, -0.2) is 27.1 Å². The van der Waals surface area contributed by atoms with Gasteiger partial charge in [0.2, 0.25) is 15.9 Å². The Hall–Kier alpha value is -2.05. The highest BCUT2D eigenvalue weighted by Crippen LogP contribution is 2.24. The van der Waals surface area contributed by atoms with Gasteiger partial charge in [0, 0.05) is 23.7 Å². The van der Waals surface area contributed by atoms with E-state index in [1.54, 1.807) is 24.3 Å². The fourth-order valence-corrected chi connectivity index (χ4v) is 4.17. The highest BCUT2D eigenvalue weighted by atomic mass is 35.5. The smallest absolute Gasteiger partial charge is 0.232 e. The lowest BCUT2D eigenvalue weighted by atomic mass is 10.0. The van der Waals surface area contributed by atoms with Crippen LogP contribution in [0.4, 0.5) is 11.4 Å². The number of rotatable bonds is 9. The summed E-state index contributed by atoms with van der Waals surface area (Å²) >= 11 is 5.88. The van der Waals surface area contributed by atoms with Crippen molar-refractivity contribution < 1.29 is 13.2 Å². The molecule has 2 aromatic rings. The van der Waals surface area contributed by atoms with E-state index in [0.29, 0.717) is 17.1 Å². The van der Waals surface area contributed by atoms with Crippen molar-refractivity contribution in [3.8, 4) is 0 Å². The largest absolute Gasteiger partial charge is 0.326 e. The molecule has 0 aliphatic heterocycles. The van der Waals surface area contributed by atoms with Crippen molar-refractivity contribution in [3.63, 3.8) is 0 Å². The SMILES string of the molecule is CCc1cccc(CC)c1NC(=O)CCCN(c1ccc(Cl)cc1)S(C)(=O)=O. The minimum atomic E-state index is -3.45. The molecule has 0 fully saturated rings. The number of nitrogens with zero attached hydrogens (tertiary/aromatic N) is 1. The van der Waals surface area contributed by atoms with Gasteiger partial charge in [-0.1, -0.05) is 43.6 Å². The van der Waals surface area contributed by atoms with Crippen LogP contribution in [-0.2, 0) is 27.7 Å². The number of carbonyl (C=O) groups is 1. The fraction of sp³-hybridized carbons (Fsp3) is 0.381. The molecule has 0 unspecified atom stereocenters. The van der Waals surface area contributed by atoms with Crippen molar-refractivity contribution in [3.05, 3.63) is 58.6 Å². The second kappa shape index (κ2) is 9.94. The van der Waals surface area contributed by atoms with Crippen LogP contribution in [0.3, 0.4) is 0 Å². The summed E-state index contributed by atoms with van der Waals surface area (Å²) in [4.78, 5) is 12.5. The molecule has 0 radical (unpaired) electrons. The summed E-state index contributed by atoms with van der Waals surface area (Å²) in [6.45, 7) is 4.34. The van der Waals surface area contributed by atoms with Gasteiger partial charge in [-0.2, -0.15) is 0 Å². The Morgan fingerprint density at radius 3 is 2.11 bits per heavy atom. The van der Waals surface area contributed by atoms with Crippen LogP contribution in [0, 0.1) is 0 Å². The van der Waals surface area contributed by atoms with Gasteiger partial charge in [0.25, 0.3) is 0 Å². The highest BCUT2D eigenvalue weighted by Gasteiger charge is 2.18. The minimum absolute atomic E-state index is 0.111. The van der Waals surface area contributed by atoms with E-state index in [2.05, 4.69) is 19.2 Å². The van der Waals surface area contributed by atoms with Gasteiger partial charge in [-0.3, -0.25) is 9.10 Å². The first kappa shape index (κ1) is 22.2.